The van der Waals surface area contributed by atoms with Crippen LogP contribution in [0.15, 0.2) is 24.3 Å². The number of likely N-dealkylation sites (N-methyl/N-ethyl adjacent to an activating group) is 1. The van der Waals surface area contributed by atoms with E-state index < -0.39 is 0 Å². The molecule has 3 heteroatoms. The molecule has 3 nitrogen and oxygen atoms in total. The van der Waals surface area contributed by atoms with Crippen molar-refractivity contribution in [1.82, 2.24) is 5.32 Å². The van der Waals surface area contributed by atoms with Gasteiger partial charge in [0, 0.05) is 12.2 Å². The molecule has 0 aromatic heterocycles. The Kier molecular flexibility index (Phi) is 4.76. The van der Waals surface area contributed by atoms with Crippen molar-refractivity contribution >= 4 is 11.6 Å². The molecule has 1 aromatic carbocycles. The normalized spacial score (nSPS) is 12.9. The largest absolute Gasteiger partial charge is 0.374 e. The zero-order valence-electron chi connectivity index (χ0n) is 12.0. The number of hydrogen-bond donors (Lipinski definition) is 2. The van der Waals surface area contributed by atoms with Crippen molar-refractivity contribution in [1.29, 1.82) is 0 Å². The summed E-state index contributed by atoms with van der Waals surface area (Å²) >= 11 is 0. The highest BCUT2D eigenvalue weighted by Crippen LogP contribution is 2.29. The molecule has 1 unspecified atom stereocenters. The van der Waals surface area contributed by atoms with E-state index in [0.717, 1.165) is 5.69 Å². The third-order valence-corrected chi connectivity index (χ3v) is 2.85. The average Bonchev–Trinajstić information content (AvgIpc) is 2.28. The maximum Gasteiger partial charge on any atom is 0.242 e. The molecule has 0 aliphatic carbocycles. The molecule has 2 N–H and O–H groups in total. The predicted octanol–water partition coefficient (Wildman–Crippen LogP) is 2.92. The number of anilines is 1. The van der Waals surface area contributed by atoms with Gasteiger partial charge in [-0.05, 0) is 30.9 Å². The van der Waals surface area contributed by atoms with Gasteiger partial charge in [-0.15, -0.1) is 0 Å². The van der Waals surface area contributed by atoms with Crippen LogP contribution in [0.4, 0.5) is 5.69 Å². The molecule has 100 valence electrons. The Morgan fingerprint density at radius 3 is 2.44 bits per heavy atom. The second kappa shape index (κ2) is 5.89. The Bertz CT molecular complexity index is 407. The fourth-order valence-electron chi connectivity index (χ4n) is 1.89. The van der Waals surface area contributed by atoms with Gasteiger partial charge in [0.15, 0.2) is 0 Å². The zero-order valence-corrected chi connectivity index (χ0v) is 12.0. The summed E-state index contributed by atoms with van der Waals surface area (Å²) in [6, 6.07) is 7.92. The molecule has 1 atom stereocenters. The molecular weight excluding hydrogens is 224 g/mol. The van der Waals surface area contributed by atoms with Gasteiger partial charge in [-0.25, -0.2) is 0 Å². The van der Waals surface area contributed by atoms with Crippen LogP contribution in [0.5, 0.6) is 0 Å². The molecule has 0 aliphatic heterocycles. The molecule has 1 aromatic rings. The van der Waals surface area contributed by atoms with Crippen LogP contribution < -0.4 is 10.6 Å². The van der Waals surface area contributed by atoms with Crippen molar-refractivity contribution in [2.45, 2.75) is 46.1 Å². The molecule has 1 rings (SSSR count). The standard InChI is InChI=1S/C15H24N2O/c1-6-16-14(18)11(2)17-13-10-8-7-9-12(13)15(3,4)5/h7-11,17H,6H2,1-5H3,(H,16,18). The van der Waals surface area contributed by atoms with Crippen LogP contribution >= 0.6 is 0 Å². The lowest BCUT2D eigenvalue weighted by Gasteiger charge is -2.25. The van der Waals surface area contributed by atoms with Gasteiger partial charge in [0.2, 0.25) is 5.91 Å². The fourth-order valence-corrected chi connectivity index (χ4v) is 1.89. The van der Waals surface area contributed by atoms with Crippen LogP contribution in [0.3, 0.4) is 0 Å². The third-order valence-electron chi connectivity index (χ3n) is 2.85. The lowest BCUT2D eigenvalue weighted by Crippen LogP contribution is -2.37. The number of carbonyl (C=O) groups excluding carboxylic acids is 1. The van der Waals surface area contributed by atoms with Crippen LogP contribution in [0, 0.1) is 0 Å². The summed E-state index contributed by atoms with van der Waals surface area (Å²) in [6.45, 7) is 11.0. The molecule has 18 heavy (non-hydrogen) atoms. The summed E-state index contributed by atoms with van der Waals surface area (Å²) in [5, 5.41) is 6.11. The fraction of sp³-hybridized carbons (Fsp3) is 0.533. The molecule has 0 radical (unpaired) electrons. The van der Waals surface area contributed by atoms with E-state index in [1.165, 1.54) is 5.56 Å². The third kappa shape index (κ3) is 3.76. The summed E-state index contributed by atoms with van der Waals surface area (Å²) < 4.78 is 0. The van der Waals surface area contributed by atoms with Gasteiger partial charge in [0.05, 0.1) is 0 Å². The minimum atomic E-state index is -0.228. The van der Waals surface area contributed by atoms with Crippen molar-refractivity contribution < 1.29 is 4.79 Å². The molecule has 0 saturated carbocycles. The summed E-state index contributed by atoms with van der Waals surface area (Å²) in [6.07, 6.45) is 0. The van der Waals surface area contributed by atoms with Gasteiger partial charge in [0.25, 0.3) is 0 Å². The van der Waals surface area contributed by atoms with Crippen molar-refractivity contribution in [2.24, 2.45) is 0 Å². The van der Waals surface area contributed by atoms with Crippen LogP contribution in [0.25, 0.3) is 0 Å². The Labute approximate surface area is 110 Å². The number of hydrogen-bond acceptors (Lipinski definition) is 2. The maximum absolute atomic E-state index is 11.7. The van der Waals surface area contributed by atoms with Gasteiger partial charge >= 0.3 is 0 Å². The van der Waals surface area contributed by atoms with Crippen molar-refractivity contribution in [2.75, 3.05) is 11.9 Å². The summed E-state index contributed by atoms with van der Waals surface area (Å²) in [5.74, 6) is 0.0289. The highest BCUT2D eigenvalue weighted by atomic mass is 16.2. The zero-order chi connectivity index (χ0) is 13.8. The highest BCUT2D eigenvalue weighted by molar-refractivity contribution is 5.84. The van der Waals surface area contributed by atoms with E-state index in [1.807, 2.05) is 32.0 Å². The van der Waals surface area contributed by atoms with Crippen LogP contribution in [0.2, 0.25) is 0 Å². The van der Waals surface area contributed by atoms with Gasteiger partial charge in [-0.1, -0.05) is 39.0 Å². The molecule has 0 bridgehead atoms. The number of para-hydroxylation sites is 1. The van der Waals surface area contributed by atoms with Crippen molar-refractivity contribution in [3.05, 3.63) is 29.8 Å². The number of carbonyl (C=O) groups is 1. The molecular formula is C15H24N2O. The molecule has 0 fully saturated rings. The Balaban J connectivity index is 2.88. The van der Waals surface area contributed by atoms with Gasteiger partial charge in [-0.3, -0.25) is 4.79 Å². The Morgan fingerprint density at radius 2 is 1.89 bits per heavy atom. The predicted molar refractivity (Wildman–Crippen MR) is 76.9 cm³/mol. The number of amides is 1. The molecule has 1 amide bonds. The van der Waals surface area contributed by atoms with Crippen LogP contribution in [-0.2, 0) is 10.2 Å². The number of benzene rings is 1. The van der Waals surface area contributed by atoms with Crippen LogP contribution in [0.1, 0.15) is 40.2 Å². The van der Waals surface area contributed by atoms with Crippen LogP contribution in [-0.4, -0.2) is 18.5 Å². The van der Waals surface area contributed by atoms with Crippen molar-refractivity contribution in [3.63, 3.8) is 0 Å². The van der Waals surface area contributed by atoms with E-state index in [0.29, 0.717) is 6.54 Å². The first-order chi connectivity index (χ1) is 8.36. The average molecular weight is 248 g/mol. The molecule has 0 aliphatic rings. The first-order valence-electron chi connectivity index (χ1n) is 6.50. The quantitative estimate of drug-likeness (QED) is 0.860. The first kappa shape index (κ1) is 14.6. The smallest absolute Gasteiger partial charge is 0.242 e. The van der Waals surface area contributed by atoms with Gasteiger partial charge in [-0.2, -0.15) is 0 Å². The second-order valence-electron chi connectivity index (χ2n) is 5.56. The van der Waals surface area contributed by atoms with E-state index in [1.54, 1.807) is 0 Å². The highest BCUT2D eigenvalue weighted by Gasteiger charge is 2.19. The van der Waals surface area contributed by atoms with E-state index in [4.69, 9.17) is 0 Å². The van der Waals surface area contributed by atoms with Gasteiger partial charge in [0.1, 0.15) is 6.04 Å². The minimum absolute atomic E-state index is 0.0289. The Hall–Kier alpha value is -1.51. The Morgan fingerprint density at radius 1 is 1.28 bits per heavy atom. The summed E-state index contributed by atoms with van der Waals surface area (Å²) in [4.78, 5) is 11.7. The van der Waals surface area contributed by atoms with E-state index in [9.17, 15) is 4.79 Å². The monoisotopic (exact) mass is 248 g/mol. The van der Waals surface area contributed by atoms with E-state index >= 15 is 0 Å². The van der Waals surface area contributed by atoms with E-state index in [2.05, 4.69) is 37.5 Å². The van der Waals surface area contributed by atoms with Crippen molar-refractivity contribution in [3.8, 4) is 0 Å². The number of nitrogens with one attached hydrogen (secondary N) is 2. The second-order valence-corrected chi connectivity index (χ2v) is 5.56. The maximum atomic E-state index is 11.7. The molecule has 0 saturated heterocycles. The van der Waals surface area contributed by atoms with E-state index in [-0.39, 0.29) is 17.4 Å². The topological polar surface area (TPSA) is 41.1 Å². The SMILES string of the molecule is CCNC(=O)C(C)Nc1ccccc1C(C)(C)C. The number of rotatable bonds is 4. The summed E-state index contributed by atoms with van der Waals surface area (Å²) in [7, 11) is 0. The lowest BCUT2D eigenvalue weighted by molar-refractivity contribution is -0.121. The van der Waals surface area contributed by atoms with Gasteiger partial charge < -0.3 is 10.6 Å². The molecule has 0 spiro atoms. The minimum Gasteiger partial charge on any atom is -0.374 e. The molecule has 0 heterocycles. The lowest BCUT2D eigenvalue weighted by atomic mass is 9.85. The summed E-state index contributed by atoms with van der Waals surface area (Å²) in [5.41, 5.74) is 2.31. The first-order valence-corrected chi connectivity index (χ1v) is 6.50.